The molecule has 1 amide bonds. The van der Waals surface area contributed by atoms with Gasteiger partial charge in [-0.3, -0.25) is 10.1 Å². The molecule has 2 N–H and O–H groups in total. The zero-order chi connectivity index (χ0) is 12.3. The minimum absolute atomic E-state index is 0.0224. The maximum Gasteiger partial charge on any atom is 0.233 e. The summed E-state index contributed by atoms with van der Waals surface area (Å²) in [7, 11) is 1.80. The number of amides is 1. The van der Waals surface area contributed by atoms with E-state index in [1.807, 2.05) is 0 Å². The molecule has 2 atom stereocenters. The van der Waals surface area contributed by atoms with Crippen molar-refractivity contribution in [2.75, 3.05) is 25.6 Å². The quantitative estimate of drug-likeness (QED) is 0.761. The van der Waals surface area contributed by atoms with Gasteiger partial charge in [-0.2, -0.15) is 0 Å². The topological polar surface area (TPSA) is 76.1 Å². The van der Waals surface area contributed by atoms with Gasteiger partial charge in [-0.15, -0.1) is 0 Å². The van der Waals surface area contributed by atoms with Gasteiger partial charge < -0.3 is 10.1 Å². The molecule has 0 aromatic carbocycles. The Kier molecular flexibility index (Phi) is 3.88. The van der Waals surface area contributed by atoms with Gasteiger partial charge in [-0.25, -0.2) is 9.97 Å². The minimum Gasteiger partial charge on any atom is -0.379 e. The average molecular weight is 257 g/mol. The zero-order valence-corrected chi connectivity index (χ0v) is 10.1. The summed E-state index contributed by atoms with van der Waals surface area (Å²) >= 11 is 5.70. The first kappa shape index (κ1) is 12.2. The van der Waals surface area contributed by atoms with Crippen molar-refractivity contribution in [2.24, 2.45) is 5.92 Å². The number of carbonyl (C=O) groups excluding carboxylic acids is 1. The maximum atomic E-state index is 11.9. The number of anilines is 1. The summed E-state index contributed by atoms with van der Waals surface area (Å²) in [6, 6.07) is 1.57. The molecule has 1 saturated heterocycles. The van der Waals surface area contributed by atoms with Crippen molar-refractivity contribution < 1.29 is 9.53 Å². The fourth-order valence-electron chi connectivity index (χ4n) is 1.70. The van der Waals surface area contributed by atoms with Gasteiger partial charge in [-0.05, 0) is 13.1 Å². The Balaban J connectivity index is 2.01. The molecular weight excluding hydrogens is 244 g/mol. The van der Waals surface area contributed by atoms with Crippen molar-refractivity contribution in [1.82, 2.24) is 15.3 Å². The molecule has 7 heteroatoms. The Hall–Kier alpha value is -1.24. The monoisotopic (exact) mass is 256 g/mol. The number of aromatic nitrogens is 2. The predicted octanol–water partition coefficient (Wildman–Crippen LogP) is 0.303. The summed E-state index contributed by atoms with van der Waals surface area (Å²) in [6.45, 7) is 0.933. The molecule has 2 unspecified atom stereocenters. The van der Waals surface area contributed by atoms with Crippen LogP contribution in [-0.4, -0.2) is 42.2 Å². The SMILES string of the molecule is CNC1COCC1C(=O)Nc1nccc(Cl)n1. The number of hydrogen-bond acceptors (Lipinski definition) is 5. The van der Waals surface area contributed by atoms with Crippen LogP contribution < -0.4 is 10.6 Å². The highest BCUT2D eigenvalue weighted by Crippen LogP contribution is 2.15. The van der Waals surface area contributed by atoms with Crippen LogP contribution in [0, 0.1) is 5.92 Å². The predicted molar refractivity (Wildman–Crippen MR) is 62.8 cm³/mol. The third kappa shape index (κ3) is 2.91. The molecule has 1 aromatic heterocycles. The van der Waals surface area contributed by atoms with E-state index in [2.05, 4.69) is 20.6 Å². The molecule has 0 radical (unpaired) electrons. The van der Waals surface area contributed by atoms with Crippen molar-refractivity contribution in [3.8, 4) is 0 Å². The van der Waals surface area contributed by atoms with Gasteiger partial charge in [0.1, 0.15) is 5.15 Å². The first-order valence-corrected chi connectivity index (χ1v) is 5.63. The van der Waals surface area contributed by atoms with Gasteiger partial charge in [0, 0.05) is 12.2 Å². The number of ether oxygens (including phenoxy) is 1. The van der Waals surface area contributed by atoms with Crippen LogP contribution in [0.4, 0.5) is 5.95 Å². The van der Waals surface area contributed by atoms with Crippen LogP contribution in [0.3, 0.4) is 0 Å². The fourth-order valence-corrected chi connectivity index (χ4v) is 1.83. The number of likely N-dealkylation sites (N-methyl/N-ethyl adjacent to an activating group) is 1. The van der Waals surface area contributed by atoms with Gasteiger partial charge in [0.15, 0.2) is 0 Å². The van der Waals surface area contributed by atoms with E-state index in [0.29, 0.717) is 18.4 Å². The summed E-state index contributed by atoms with van der Waals surface area (Å²) < 4.78 is 5.25. The summed E-state index contributed by atoms with van der Waals surface area (Å²) in [5, 5.41) is 5.96. The Labute approximate surface area is 104 Å². The molecular formula is C10H13ClN4O2. The molecule has 1 aliphatic rings. The maximum absolute atomic E-state index is 11.9. The molecule has 6 nitrogen and oxygen atoms in total. The van der Waals surface area contributed by atoms with Crippen molar-refractivity contribution in [3.05, 3.63) is 17.4 Å². The normalized spacial score (nSPS) is 23.6. The van der Waals surface area contributed by atoms with Gasteiger partial charge in [0.25, 0.3) is 0 Å². The van der Waals surface area contributed by atoms with Crippen LogP contribution >= 0.6 is 11.6 Å². The largest absolute Gasteiger partial charge is 0.379 e. The van der Waals surface area contributed by atoms with Crippen LogP contribution in [0.1, 0.15) is 0 Å². The van der Waals surface area contributed by atoms with Crippen molar-refractivity contribution >= 4 is 23.5 Å². The summed E-state index contributed by atoms with van der Waals surface area (Å²) in [6.07, 6.45) is 1.49. The number of carbonyl (C=O) groups is 1. The van der Waals surface area contributed by atoms with Crippen LogP contribution in [0.25, 0.3) is 0 Å². The average Bonchev–Trinajstić information content (AvgIpc) is 2.77. The lowest BCUT2D eigenvalue weighted by molar-refractivity contribution is -0.120. The van der Waals surface area contributed by atoms with E-state index in [4.69, 9.17) is 16.3 Å². The fraction of sp³-hybridized carbons (Fsp3) is 0.500. The van der Waals surface area contributed by atoms with Crippen LogP contribution in [0.5, 0.6) is 0 Å². The highest BCUT2D eigenvalue weighted by atomic mass is 35.5. The Morgan fingerprint density at radius 1 is 1.59 bits per heavy atom. The number of halogens is 1. The van der Waals surface area contributed by atoms with Crippen LogP contribution in [0.2, 0.25) is 5.15 Å². The van der Waals surface area contributed by atoms with Gasteiger partial charge in [0.2, 0.25) is 11.9 Å². The highest BCUT2D eigenvalue weighted by Gasteiger charge is 2.33. The van der Waals surface area contributed by atoms with E-state index in [0.717, 1.165) is 0 Å². The lowest BCUT2D eigenvalue weighted by atomic mass is 10.0. The number of rotatable bonds is 3. The molecule has 17 heavy (non-hydrogen) atoms. The van der Waals surface area contributed by atoms with Crippen molar-refractivity contribution in [1.29, 1.82) is 0 Å². The molecule has 1 aliphatic heterocycles. The first-order chi connectivity index (χ1) is 8.20. The first-order valence-electron chi connectivity index (χ1n) is 5.25. The minimum atomic E-state index is -0.234. The highest BCUT2D eigenvalue weighted by molar-refractivity contribution is 6.29. The lowest BCUT2D eigenvalue weighted by Gasteiger charge is -2.15. The zero-order valence-electron chi connectivity index (χ0n) is 9.31. The second kappa shape index (κ2) is 5.39. The molecule has 2 heterocycles. The molecule has 0 bridgehead atoms. The van der Waals surface area contributed by atoms with E-state index in [9.17, 15) is 4.79 Å². The van der Waals surface area contributed by atoms with Gasteiger partial charge in [0.05, 0.1) is 19.1 Å². The smallest absolute Gasteiger partial charge is 0.233 e. The van der Waals surface area contributed by atoms with E-state index >= 15 is 0 Å². The number of hydrogen-bond donors (Lipinski definition) is 2. The van der Waals surface area contributed by atoms with E-state index in [1.54, 1.807) is 13.1 Å². The van der Waals surface area contributed by atoms with Crippen molar-refractivity contribution in [2.45, 2.75) is 6.04 Å². The molecule has 0 saturated carbocycles. The molecule has 1 fully saturated rings. The van der Waals surface area contributed by atoms with Gasteiger partial charge >= 0.3 is 0 Å². The van der Waals surface area contributed by atoms with E-state index < -0.39 is 0 Å². The summed E-state index contributed by atoms with van der Waals surface area (Å²) in [5.41, 5.74) is 0. The van der Waals surface area contributed by atoms with E-state index in [1.165, 1.54) is 6.20 Å². The molecule has 1 aromatic rings. The molecule has 0 spiro atoms. The standard InChI is InChI=1S/C10H13ClN4O2/c1-12-7-5-17-4-6(7)9(16)15-10-13-3-2-8(11)14-10/h2-3,6-7,12H,4-5H2,1H3,(H,13,14,15,16). The molecule has 2 rings (SSSR count). The van der Waals surface area contributed by atoms with Crippen LogP contribution in [0.15, 0.2) is 12.3 Å². The third-order valence-corrected chi connectivity index (χ3v) is 2.86. The summed E-state index contributed by atoms with van der Waals surface area (Å²) in [5.74, 6) is -0.184. The third-order valence-electron chi connectivity index (χ3n) is 2.64. The lowest BCUT2D eigenvalue weighted by Crippen LogP contribution is -2.39. The second-order valence-electron chi connectivity index (χ2n) is 3.73. The molecule has 0 aliphatic carbocycles. The van der Waals surface area contributed by atoms with Crippen LogP contribution in [-0.2, 0) is 9.53 Å². The number of nitrogens with zero attached hydrogens (tertiary/aromatic N) is 2. The molecule has 92 valence electrons. The van der Waals surface area contributed by atoms with Gasteiger partial charge in [-0.1, -0.05) is 11.6 Å². The van der Waals surface area contributed by atoms with Crippen molar-refractivity contribution in [3.63, 3.8) is 0 Å². The Morgan fingerprint density at radius 3 is 3.12 bits per heavy atom. The second-order valence-corrected chi connectivity index (χ2v) is 4.12. The number of nitrogens with one attached hydrogen (secondary N) is 2. The Morgan fingerprint density at radius 2 is 2.41 bits per heavy atom. The van der Waals surface area contributed by atoms with E-state index in [-0.39, 0.29) is 23.8 Å². The Bertz CT molecular complexity index is 415. The summed E-state index contributed by atoms with van der Waals surface area (Å²) in [4.78, 5) is 19.8.